The van der Waals surface area contributed by atoms with Crippen molar-refractivity contribution in [3.63, 3.8) is 0 Å². The van der Waals surface area contributed by atoms with Gasteiger partial charge in [-0.1, -0.05) is 12.1 Å². The number of guanidine groups is 1. The summed E-state index contributed by atoms with van der Waals surface area (Å²) in [5, 5.41) is 14.7. The first-order chi connectivity index (χ1) is 12.8. The van der Waals surface area contributed by atoms with Gasteiger partial charge in [0.05, 0.1) is 20.2 Å². The van der Waals surface area contributed by atoms with Crippen LogP contribution in [0.1, 0.15) is 5.82 Å². The average Bonchev–Trinajstić information content (AvgIpc) is 3.11. The number of pyridine rings is 1. The first kappa shape index (κ1) is 20.7. The van der Waals surface area contributed by atoms with Gasteiger partial charge in [-0.25, -0.2) is 0 Å². The lowest BCUT2D eigenvalue weighted by atomic mass is 10.3. The number of halogens is 1. The Morgan fingerprint density at radius 1 is 1.11 bits per heavy atom. The number of rotatable bonds is 7. The Kier molecular flexibility index (Phi) is 8.11. The molecule has 0 amide bonds. The fourth-order valence-corrected chi connectivity index (χ4v) is 2.42. The summed E-state index contributed by atoms with van der Waals surface area (Å²) in [6, 6.07) is 13.3. The van der Waals surface area contributed by atoms with E-state index in [1.54, 1.807) is 14.2 Å². The minimum absolute atomic E-state index is 0. The van der Waals surface area contributed by atoms with Crippen LogP contribution in [0, 0.1) is 0 Å². The van der Waals surface area contributed by atoms with Crippen molar-refractivity contribution in [2.45, 2.75) is 6.54 Å². The highest BCUT2D eigenvalue weighted by Crippen LogP contribution is 2.18. The maximum Gasteiger partial charge on any atom is 0.191 e. The summed E-state index contributed by atoms with van der Waals surface area (Å²) < 4.78 is 12.8. The van der Waals surface area contributed by atoms with E-state index in [4.69, 9.17) is 9.47 Å². The summed E-state index contributed by atoms with van der Waals surface area (Å²) in [5.74, 6) is 3.03. The van der Waals surface area contributed by atoms with Crippen LogP contribution < -0.4 is 20.1 Å². The number of ether oxygens (including phenoxy) is 2. The SMILES string of the molecule is CN=C(NCCOc1cccc(OC)c1)NCc1nnc2ccccn12.I. The second kappa shape index (κ2) is 10.6. The zero-order valence-electron chi connectivity index (χ0n) is 15.3. The first-order valence-electron chi connectivity index (χ1n) is 8.30. The lowest BCUT2D eigenvalue weighted by Gasteiger charge is -2.12. The van der Waals surface area contributed by atoms with Gasteiger partial charge in [0.15, 0.2) is 17.4 Å². The predicted molar refractivity (Wildman–Crippen MR) is 115 cm³/mol. The maximum absolute atomic E-state index is 5.70. The molecule has 0 aliphatic rings. The summed E-state index contributed by atoms with van der Waals surface area (Å²) in [7, 11) is 3.36. The number of hydrogen-bond acceptors (Lipinski definition) is 5. The Balaban J connectivity index is 0.00000261. The van der Waals surface area contributed by atoms with Gasteiger partial charge in [0.1, 0.15) is 18.1 Å². The molecule has 1 aromatic carbocycles. The van der Waals surface area contributed by atoms with Crippen molar-refractivity contribution in [3.8, 4) is 11.5 Å². The monoisotopic (exact) mass is 482 g/mol. The molecular formula is C18H23IN6O2. The van der Waals surface area contributed by atoms with Gasteiger partial charge in [-0.05, 0) is 24.3 Å². The Labute approximate surface area is 175 Å². The zero-order chi connectivity index (χ0) is 18.2. The Morgan fingerprint density at radius 3 is 2.78 bits per heavy atom. The molecule has 0 spiro atoms. The van der Waals surface area contributed by atoms with Crippen LogP contribution in [0.25, 0.3) is 5.65 Å². The van der Waals surface area contributed by atoms with Crippen molar-refractivity contribution in [1.82, 2.24) is 25.2 Å². The molecule has 0 saturated carbocycles. The van der Waals surface area contributed by atoms with Crippen molar-refractivity contribution in [1.29, 1.82) is 0 Å². The Bertz CT molecular complexity index is 883. The molecule has 3 aromatic rings. The molecule has 0 saturated heterocycles. The van der Waals surface area contributed by atoms with Crippen LogP contribution in [0.2, 0.25) is 0 Å². The van der Waals surface area contributed by atoms with Gasteiger partial charge in [-0.3, -0.25) is 9.39 Å². The molecule has 2 heterocycles. The average molecular weight is 482 g/mol. The van der Waals surface area contributed by atoms with E-state index in [0.717, 1.165) is 23.0 Å². The number of methoxy groups -OCH3 is 1. The Morgan fingerprint density at radius 2 is 1.96 bits per heavy atom. The molecule has 0 radical (unpaired) electrons. The van der Waals surface area contributed by atoms with E-state index in [1.165, 1.54) is 0 Å². The van der Waals surface area contributed by atoms with Crippen molar-refractivity contribution in [3.05, 3.63) is 54.5 Å². The summed E-state index contributed by atoms with van der Waals surface area (Å²) in [5.41, 5.74) is 0.818. The van der Waals surface area contributed by atoms with E-state index in [2.05, 4.69) is 25.8 Å². The number of nitrogens with one attached hydrogen (secondary N) is 2. The number of fused-ring (bicyclic) bond motifs is 1. The molecule has 2 N–H and O–H groups in total. The van der Waals surface area contributed by atoms with Gasteiger partial charge in [0.2, 0.25) is 0 Å². The third-order valence-corrected chi connectivity index (χ3v) is 3.73. The van der Waals surface area contributed by atoms with Gasteiger partial charge in [-0.2, -0.15) is 0 Å². The lowest BCUT2D eigenvalue weighted by Crippen LogP contribution is -2.39. The van der Waals surface area contributed by atoms with Crippen molar-refractivity contribution < 1.29 is 9.47 Å². The molecule has 0 unspecified atom stereocenters. The highest BCUT2D eigenvalue weighted by molar-refractivity contribution is 14.0. The van der Waals surface area contributed by atoms with Crippen molar-refractivity contribution in [2.24, 2.45) is 4.99 Å². The van der Waals surface area contributed by atoms with Crippen LogP contribution in [0.15, 0.2) is 53.7 Å². The minimum atomic E-state index is 0. The molecule has 9 heteroatoms. The van der Waals surface area contributed by atoms with E-state index in [9.17, 15) is 0 Å². The highest BCUT2D eigenvalue weighted by atomic mass is 127. The van der Waals surface area contributed by atoms with Crippen molar-refractivity contribution >= 4 is 35.6 Å². The van der Waals surface area contributed by atoms with Gasteiger partial charge in [-0.15, -0.1) is 34.2 Å². The number of aliphatic imine (C=N–C) groups is 1. The smallest absolute Gasteiger partial charge is 0.191 e. The molecule has 8 nitrogen and oxygen atoms in total. The number of nitrogens with zero attached hydrogens (tertiary/aromatic N) is 4. The number of aromatic nitrogens is 3. The lowest BCUT2D eigenvalue weighted by molar-refractivity contribution is 0.319. The van der Waals surface area contributed by atoms with Gasteiger partial charge < -0.3 is 20.1 Å². The minimum Gasteiger partial charge on any atom is -0.497 e. The summed E-state index contributed by atoms with van der Waals surface area (Å²) in [4.78, 5) is 4.20. The fraction of sp³-hybridized carbons (Fsp3) is 0.278. The van der Waals surface area contributed by atoms with Crippen LogP contribution in [-0.4, -0.2) is 47.9 Å². The van der Waals surface area contributed by atoms with E-state index < -0.39 is 0 Å². The molecule has 0 bridgehead atoms. The van der Waals surface area contributed by atoms with Gasteiger partial charge >= 0.3 is 0 Å². The third kappa shape index (κ3) is 5.71. The summed E-state index contributed by atoms with van der Waals surface area (Å²) >= 11 is 0. The quantitative estimate of drug-likeness (QED) is 0.232. The van der Waals surface area contributed by atoms with E-state index in [-0.39, 0.29) is 24.0 Å². The first-order valence-corrected chi connectivity index (χ1v) is 8.30. The molecule has 27 heavy (non-hydrogen) atoms. The molecule has 0 fully saturated rings. The maximum atomic E-state index is 5.70. The fourth-order valence-electron chi connectivity index (χ4n) is 2.42. The van der Waals surface area contributed by atoms with Gasteiger partial charge in [0, 0.05) is 19.3 Å². The molecule has 2 aromatic heterocycles. The van der Waals surface area contributed by atoms with Crippen LogP contribution in [0.5, 0.6) is 11.5 Å². The molecule has 3 rings (SSSR count). The molecule has 0 aliphatic carbocycles. The standard InChI is InChI=1S/C18H22N6O2.HI/c1-19-18(20-9-11-26-15-7-5-6-14(12-15)25-2)21-13-17-23-22-16-8-3-4-10-24(16)17;/h3-8,10,12H,9,11,13H2,1-2H3,(H2,19,20,21);1H. The molecule has 0 atom stereocenters. The molecular weight excluding hydrogens is 459 g/mol. The van der Waals surface area contributed by atoms with E-state index in [0.29, 0.717) is 25.7 Å². The van der Waals surface area contributed by atoms with Crippen LogP contribution in [-0.2, 0) is 6.54 Å². The predicted octanol–water partition coefficient (Wildman–Crippen LogP) is 2.10. The number of benzene rings is 1. The van der Waals surface area contributed by atoms with Crippen molar-refractivity contribution in [2.75, 3.05) is 27.3 Å². The second-order valence-corrected chi connectivity index (χ2v) is 5.43. The molecule has 0 aliphatic heterocycles. The van der Waals surface area contributed by atoms with Crippen LogP contribution >= 0.6 is 24.0 Å². The van der Waals surface area contributed by atoms with Crippen LogP contribution in [0.4, 0.5) is 0 Å². The Hall–Kier alpha value is -2.56. The summed E-state index contributed by atoms with van der Waals surface area (Å²) in [6.07, 6.45) is 1.94. The largest absolute Gasteiger partial charge is 0.497 e. The van der Waals surface area contributed by atoms with Gasteiger partial charge in [0.25, 0.3) is 0 Å². The van der Waals surface area contributed by atoms with E-state index in [1.807, 2.05) is 53.1 Å². The normalized spacial score (nSPS) is 11.0. The molecule has 144 valence electrons. The summed E-state index contributed by atoms with van der Waals surface area (Å²) in [6.45, 7) is 1.63. The zero-order valence-corrected chi connectivity index (χ0v) is 17.6. The second-order valence-electron chi connectivity index (χ2n) is 5.43. The van der Waals surface area contributed by atoms with Crippen LogP contribution in [0.3, 0.4) is 0 Å². The topological polar surface area (TPSA) is 85.1 Å². The van der Waals surface area contributed by atoms with E-state index >= 15 is 0 Å². The third-order valence-electron chi connectivity index (χ3n) is 3.73. The highest BCUT2D eigenvalue weighted by Gasteiger charge is 2.05. The number of hydrogen-bond donors (Lipinski definition) is 2.